The van der Waals surface area contributed by atoms with Gasteiger partial charge >= 0.3 is 6.18 Å². The lowest BCUT2D eigenvalue weighted by molar-refractivity contribution is -0.137. The number of sulfonamides is 1. The van der Waals surface area contributed by atoms with E-state index in [0.717, 1.165) is 12.3 Å². The van der Waals surface area contributed by atoms with E-state index in [1.807, 2.05) is 0 Å². The number of pyridine rings is 1. The number of hydrogen-bond acceptors (Lipinski definition) is 6. The fourth-order valence-corrected chi connectivity index (χ4v) is 4.80. The molecule has 2 N–H and O–H groups in total. The number of benzene rings is 1. The average Bonchev–Trinajstić information content (AvgIpc) is 2.73. The third-order valence-corrected chi connectivity index (χ3v) is 6.70. The summed E-state index contributed by atoms with van der Waals surface area (Å²) in [6, 6.07) is 8.20. The smallest absolute Gasteiger partial charge is 0.354 e. The molecule has 1 fully saturated rings. The Morgan fingerprint density at radius 2 is 1.77 bits per heavy atom. The topological polar surface area (TPSA) is 103 Å². The number of carbonyl (C=O) groups excluding carboxylic acids is 1. The van der Waals surface area contributed by atoms with E-state index in [2.05, 4.69) is 4.98 Å². The Hall–Kier alpha value is -2.70. The van der Waals surface area contributed by atoms with Gasteiger partial charge in [-0.2, -0.15) is 17.5 Å². The first-order valence-corrected chi connectivity index (χ1v) is 10.4. The molecule has 0 saturated carbocycles. The van der Waals surface area contributed by atoms with Gasteiger partial charge in [-0.05, 0) is 23.8 Å². The Morgan fingerprint density at radius 3 is 2.33 bits per heavy atom. The quantitative estimate of drug-likeness (QED) is 0.537. The maximum atomic E-state index is 13.0. The highest BCUT2D eigenvalue weighted by molar-refractivity contribution is 7.89. The van der Waals surface area contributed by atoms with E-state index in [0.29, 0.717) is 5.82 Å². The molecule has 0 spiro atoms. The molecule has 1 aliphatic heterocycles. The van der Waals surface area contributed by atoms with E-state index in [-0.39, 0.29) is 43.1 Å². The first-order chi connectivity index (χ1) is 14.1. The highest BCUT2D eigenvalue weighted by atomic mass is 32.2. The zero-order valence-electron chi connectivity index (χ0n) is 15.6. The van der Waals surface area contributed by atoms with Crippen molar-refractivity contribution in [2.75, 3.05) is 31.1 Å². The van der Waals surface area contributed by atoms with Crippen LogP contribution in [0.5, 0.6) is 0 Å². The zero-order chi connectivity index (χ0) is 21.9. The molecule has 0 unspecified atom stereocenters. The van der Waals surface area contributed by atoms with Gasteiger partial charge in [0.2, 0.25) is 15.9 Å². The number of hydrogen-bond donors (Lipinski definition) is 2. The summed E-state index contributed by atoms with van der Waals surface area (Å²) in [4.78, 5) is 17.0. The lowest BCUT2D eigenvalue weighted by Crippen LogP contribution is -2.49. The average molecular weight is 444 g/mol. The zero-order valence-corrected chi connectivity index (χ0v) is 16.4. The van der Waals surface area contributed by atoms with Crippen LogP contribution in [0.25, 0.3) is 0 Å². The fourth-order valence-electron chi connectivity index (χ4n) is 3.15. The van der Waals surface area contributed by atoms with Gasteiger partial charge in [0, 0.05) is 32.4 Å². The van der Waals surface area contributed by atoms with E-state index in [1.54, 1.807) is 11.0 Å². The van der Waals surface area contributed by atoms with Crippen molar-refractivity contribution in [3.63, 3.8) is 0 Å². The van der Waals surface area contributed by atoms with Crippen molar-refractivity contribution in [2.24, 2.45) is 0 Å². The number of hydroxylamine groups is 1. The molecule has 162 valence electrons. The number of amides is 1. The Balaban J connectivity index is 1.72. The molecular weight excluding hydrogens is 425 g/mol. The molecule has 2 heterocycles. The lowest BCUT2D eigenvalue weighted by atomic mass is 10.1. The van der Waals surface area contributed by atoms with Crippen LogP contribution in [0.4, 0.5) is 19.0 Å². The lowest BCUT2D eigenvalue weighted by Gasteiger charge is -2.35. The second kappa shape index (κ2) is 8.58. The van der Waals surface area contributed by atoms with E-state index < -0.39 is 27.7 Å². The largest absolute Gasteiger partial charge is 0.417 e. The second-order valence-corrected chi connectivity index (χ2v) is 8.52. The number of nitrogens with zero attached hydrogens (tertiary/aromatic N) is 3. The number of rotatable bonds is 5. The number of alkyl halides is 3. The maximum absolute atomic E-state index is 13.0. The summed E-state index contributed by atoms with van der Waals surface area (Å²) in [5.74, 6) is -0.407. The van der Waals surface area contributed by atoms with Gasteiger partial charge < -0.3 is 4.90 Å². The standard InChI is InChI=1S/C18H19F3N4O4S/c19-18(20,21)14-5-6-16(22-12-14)24-7-9-25(10-8-24)30(28,29)15-4-2-1-3-13(15)11-17(26)23-27/h1-6,12,27H,7-11H2,(H,23,26). The van der Waals surface area contributed by atoms with E-state index in [4.69, 9.17) is 5.21 Å². The van der Waals surface area contributed by atoms with Gasteiger partial charge in [-0.1, -0.05) is 18.2 Å². The van der Waals surface area contributed by atoms with Crippen molar-refractivity contribution < 1.29 is 31.6 Å². The number of carbonyl (C=O) groups is 1. The van der Waals surface area contributed by atoms with Crippen molar-refractivity contribution in [1.29, 1.82) is 0 Å². The van der Waals surface area contributed by atoms with Crippen LogP contribution in [0.1, 0.15) is 11.1 Å². The predicted octanol–water partition coefficient (Wildman–Crippen LogP) is 1.66. The first-order valence-electron chi connectivity index (χ1n) is 8.92. The number of piperazine rings is 1. The molecule has 8 nitrogen and oxygen atoms in total. The summed E-state index contributed by atoms with van der Waals surface area (Å²) in [6.45, 7) is 0.699. The van der Waals surface area contributed by atoms with Crippen LogP contribution < -0.4 is 10.4 Å². The predicted molar refractivity (Wildman–Crippen MR) is 100 cm³/mol. The molecule has 1 saturated heterocycles. The summed E-state index contributed by atoms with van der Waals surface area (Å²) < 4.78 is 65.4. The first kappa shape index (κ1) is 22.0. The summed E-state index contributed by atoms with van der Waals surface area (Å²) in [7, 11) is -3.90. The van der Waals surface area contributed by atoms with Crippen LogP contribution in [0.15, 0.2) is 47.5 Å². The van der Waals surface area contributed by atoms with Gasteiger partial charge in [-0.15, -0.1) is 0 Å². The van der Waals surface area contributed by atoms with Gasteiger partial charge in [-0.25, -0.2) is 18.9 Å². The molecule has 2 aromatic rings. The summed E-state index contributed by atoms with van der Waals surface area (Å²) in [6.07, 6.45) is -4.03. The van der Waals surface area contributed by atoms with Gasteiger partial charge in [0.25, 0.3) is 0 Å². The van der Waals surface area contributed by atoms with Crippen LogP contribution in [-0.2, 0) is 27.4 Å². The van der Waals surface area contributed by atoms with Crippen molar-refractivity contribution in [1.82, 2.24) is 14.8 Å². The Kier molecular flexibility index (Phi) is 6.29. The van der Waals surface area contributed by atoms with Gasteiger partial charge in [-0.3, -0.25) is 10.0 Å². The fraction of sp³-hybridized carbons (Fsp3) is 0.333. The van der Waals surface area contributed by atoms with Crippen molar-refractivity contribution >= 4 is 21.7 Å². The molecule has 3 rings (SSSR count). The van der Waals surface area contributed by atoms with Crippen molar-refractivity contribution in [2.45, 2.75) is 17.5 Å². The van der Waals surface area contributed by atoms with Crippen molar-refractivity contribution in [3.8, 4) is 0 Å². The molecule has 12 heteroatoms. The van der Waals surface area contributed by atoms with Crippen molar-refractivity contribution in [3.05, 3.63) is 53.7 Å². The van der Waals surface area contributed by atoms with Crippen LogP contribution >= 0.6 is 0 Å². The minimum absolute atomic E-state index is 0.0327. The molecule has 30 heavy (non-hydrogen) atoms. The molecule has 0 aliphatic carbocycles. The molecule has 1 aliphatic rings. The third-order valence-electron chi connectivity index (χ3n) is 4.70. The molecule has 0 atom stereocenters. The number of aromatic nitrogens is 1. The van der Waals surface area contributed by atoms with E-state index >= 15 is 0 Å². The molecule has 1 aromatic carbocycles. The molecule has 1 amide bonds. The molecular formula is C18H19F3N4O4S. The van der Waals surface area contributed by atoms with E-state index in [9.17, 15) is 26.4 Å². The van der Waals surface area contributed by atoms with Gasteiger partial charge in [0.1, 0.15) is 5.82 Å². The Bertz CT molecular complexity index is 1000. The van der Waals surface area contributed by atoms with Crippen LogP contribution in [-0.4, -0.2) is 55.0 Å². The second-order valence-electron chi connectivity index (χ2n) is 6.61. The maximum Gasteiger partial charge on any atom is 0.417 e. The number of anilines is 1. The van der Waals surface area contributed by atoms with E-state index in [1.165, 1.54) is 34.1 Å². The highest BCUT2D eigenvalue weighted by Gasteiger charge is 2.33. The van der Waals surface area contributed by atoms with Crippen LogP contribution in [0.2, 0.25) is 0 Å². The summed E-state index contributed by atoms with van der Waals surface area (Å²) in [5.41, 5.74) is 0.873. The summed E-state index contributed by atoms with van der Waals surface area (Å²) in [5, 5.41) is 8.70. The van der Waals surface area contributed by atoms with Crippen LogP contribution in [0, 0.1) is 0 Å². The minimum Gasteiger partial charge on any atom is -0.354 e. The number of halogens is 3. The normalized spacial score (nSPS) is 15.8. The SMILES string of the molecule is O=C(Cc1ccccc1S(=O)(=O)N1CCN(c2ccc(C(F)(F)F)cn2)CC1)NO. The molecule has 0 bridgehead atoms. The van der Waals surface area contributed by atoms with Gasteiger partial charge in [0.05, 0.1) is 16.9 Å². The molecule has 0 radical (unpaired) electrons. The van der Waals surface area contributed by atoms with Gasteiger partial charge in [0.15, 0.2) is 0 Å². The number of nitrogens with one attached hydrogen (secondary N) is 1. The minimum atomic E-state index is -4.47. The molecule has 1 aromatic heterocycles. The third kappa shape index (κ3) is 4.71. The summed E-state index contributed by atoms with van der Waals surface area (Å²) >= 11 is 0. The monoisotopic (exact) mass is 444 g/mol. The Morgan fingerprint density at radius 1 is 1.10 bits per heavy atom. The highest BCUT2D eigenvalue weighted by Crippen LogP contribution is 2.30. The van der Waals surface area contributed by atoms with Crippen LogP contribution in [0.3, 0.4) is 0 Å². The Labute approximate surface area is 170 Å².